The zero-order valence-electron chi connectivity index (χ0n) is 19.8. The number of nitrogens with one attached hydrogen (secondary N) is 1. The molecule has 2 heterocycles. The van der Waals surface area contributed by atoms with Gasteiger partial charge in [-0.05, 0) is 61.7 Å². The number of thiophene rings is 1. The lowest BCUT2D eigenvalue weighted by Crippen LogP contribution is -2.46. The predicted molar refractivity (Wildman–Crippen MR) is 136 cm³/mol. The van der Waals surface area contributed by atoms with Crippen LogP contribution in [0.3, 0.4) is 0 Å². The lowest BCUT2D eigenvalue weighted by molar-refractivity contribution is -0.133. The third kappa shape index (κ3) is 7.37. The Kier molecular flexibility index (Phi) is 8.50. The zero-order chi connectivity index (χ0) is 24.6. The van der Waals surface area contributed by atoms with Gasteiger partial charge in [0.15, 0.2) is 0 Å². The molecule has 1 N–H and O–H groups in total. The largest absolute Gasteiger partial charge is 0.376 e. The molecule has 1 atom stereocenters. The predicted octanol–water partition coefficient (Wildman–Crippen LogP) is 5.44. The number of urea groups is 1. The number of anilines is 1. The minimum Gasteiger partial charge on any atom is -0.376 e. The van der Waals surface area contributed by atoms with Crippen molar-refractivity contribution >= 4 is 29.0 Å². The molecule has 4 rings (SSSR count). The van der Waals surface area contributed by atoms with Crippen LogP contribution in [0.2, 0.25) is 0 Å². The zero-order valence-corrected chi connectivity index (χ0v) is 20.6. The molecule has 1 saturated heterocycles. The third-order valence-electron chi connectivity index (χ3n) is 5.87. The maximum absolute atomic E-state index is 13.6. The van der Waals surface area contributed by atoms with Crippen LogP contribution >= 0.6 is 11.3 Å². The van der Waals surface area contributed by atoms with E-state index < -0.39 is 0 Å². The number of halogens is 1. The van der Waals surface area contributed by atoms with Crippen molar-refractivity contribution in [3.8, 4) is 0 Å². The summed E-state index contributed by atoms with van der Waals surface area (Å²) in [6.45, 7) is 3.70. The summed E-state index contributed by atoms with van der Waals surface area (Å²) < 4.78 is 19.2. The molecule has 8 heteroatoms. The van der Waals surface area contributed by atoms with Crippen molar-refractivity contribution in [3.05, 3.63) is 87.9 Å². The molecule has 184 valence electrons. The lowest BCUT2D eigenvalue weighted by atomic mass is 10.2. The molecular weight excluding hydrogens is 465 g/mol. The lowest BCUT2D eigenvalue weighted by Gasteiger charge is -2.29. The first kappa shape index (κ1) is 24.9. The number of ether oxygens (including phenoxy) is 1. The van der Waals surface area contributed by atoms with Crippen LogP contribution in [0.5, 0.6) is 0 Å². The SMILES string of the molecule is Cc1ccc(CN(Cc2ccc(F)cc2)C(=O)CN(CC2CCCO2)C(=O)Nc2ccccc2)s1. The second kappa shape index (κ2) is 12.0. The van der Waals surface area contributed by atoms with Gasteiger partial charge in [0.2, 0.25) is 5.91 Å². The summed E-state index contributed by atoms with van der Waals surface area (Å²) in [6, 6.07) is 19.0. The fraction of sp³-hybridized carbons (Fsp3) is 0.333. The average molecular weight is 496 g/mol. The minimum atomic E-state index is -0.339. The van der Waals surface area contributed by atoms with Gasteiger partial charge < -0.3 is 19.9 Å². The normalized spacial score (nSPS) is 15.1. The molecule has 0 aliphatic carbocycles. The number of hydrogen-bond acceptors (Lipinski definition) is 4. The van der Waals surface area contributed by atoms with E-state index in [1.54, 1.807) is 28.4 Å². The van der Waals surface area contributed by atoms with Crippen LogP contribution in [0.1, 0.15) is 28.2 Å². The van der Waals surface area contributed by atoms with Gasteiger partial charge in [0.05, 0.1) is 12.6 Å². The molecule has 3 amide bonds. The van der Waals surface area contributed by atoms with Crippen LogP contribution in [0.4, 0.5) is 14.9 Å². The quantitative estimate of drug-likeness (QED) is 0.430. The van der Waals surface area contributed by atoms with E-state index in [0.717, 1.165) is 28.2 Å². The monoisotopic (exact) mass is 495 g/mol. The highest BCUT2D eigenvalue weighted by Gasteiger charge is 2.27. The molecule has 0 spiro atoms. The molecule has 6 nitrogen and oxygen atoms in total. The van der Waals surface area contributed by atoms with Crippen molar-refractivity contribution in [3.63, 3.8) is 0 Å². The van der Waals surface area contributed by atoms with Gasteiger partial charge in [-0.3, -0.25) is 4.79 Å². The molecule has 0 radical (unpaired) electrons. The first-order valence-electron chi connectivity index (χ1n) is 11.8. The van der Waals surface area contributed by atoms with Crippen molar-refractivity contribution in [1.29, 1.82) is 0 Å². The van der Waals surface area contributed by atoms with Gasteiger partial charge >= 0.3 is 6.03 Å². The van der Waals surface area contributed by atoms with E-state index in [1.165, 1.54) is 17.0 Å². The van der Waals surface area contributed by atoms with Crippen LogP contribution in [0.15, 0.2) is 66.7 Å². The van der Waals surface area contributed by atoms with E-state index in [4.69, 9.17) is 4.74 Å². The first-order valence-corrected chi connectivity index (χ1v) is 12.6. The summed E-state index contributed by atoms with van der Waals surface area (Å²) in [4.78, 5) is 32.2. The summed E-state index contributed by atoms with van der Waals surface area (Å²) in [5.41, 5.74) is 1.49. The van der Waals surface area contributed by atoms with Gasteiger partial charge in [0.25, 0.3) is 0 Å². The van der Waals surface area contributed by atoms with Gasteiger partial charge in [0, 0.05) is 35.1 Å². The van der Waals surface area contributed by atoms with Crippen molar-refractivity contribution < 1.29 is 18.7 Å². The Balaban J connectivity index is 1.51. The topological polar surface area (TPSA) is 61.9 Å². The smallest absolute Gasteiger partial charge is 0.322 e. The van der Waals surface area contributed by atoms with Crippen molar-refractivity contribution in [2.24, 2.45) is 0 Å². The van der Waals surface area contributed by atoms with Crippen LogP contribution in [-0.2, 0) is 22.6 Å². The minimum absolute atomic E-state index is 0.0793. The number of carbonyl (C=O) groups excluding carboxylic acids is 2. The number of para-hydroxylation sites is 1. The molecule has 2 aromatic carbocycles. The van der Waals surface area contributed by atoms with E-state index >= 15 is 0 Å². The van der Waals surface area contributed by atoms with Gasteiger partial charge in [-0.1, -0.05) is 30.3 Å². The molecule has 0 saturated carbocycles. The highest BCUT2D eigenvalue weighted by atomic mass is 32.1. The van der Waals surface area contributed by atoms with Crippen LogP contribution in [0.25, 0.3) is 0 Å². The number of rotatable bonds is 9. The molecule has 1 unspecified atom stereocenters. The van der Waals surface area contributed by atoms with E-state index in [0.29, 0.717) is 31.9 Å². The number of carbonyl (C=O) groups is 2. The second-order valence-electron chi connectivity index (χ2n) is 8.70. The summed E-state index contributed by atoms with van der Waals surface area (Å²) in [5.74, 6) is -0.498. The molecule has 3 aromatic rings. The Labute approximate surface area is 209 Å². The fourth-order valence-electron chi connectivity index (χ4n) is 4.04. The maximum atomic E-state index is 13.6. The van der Waals surface area contributed by atoms with E-state index in [9.17, 15) is 14.0 Å². The van der Waals surface area contributed by atoms with Crippen LogP contribution < -0.4 is 5.32 Å². The van der Waals surface area contributed by atoms with E-state index in [1.807, 2.05) is 49.4 Å². The summed E-state index contributed by atoms with van der Waals surface area (Å²) in [7, 11) is 0. The average Bonchev–Trinajstić information content (AvgIpc) is 3.51. The van der Waals surface area contributed by atoms with Crippen LogP contribution in [-0.4, -0.2) is 47.5 Å². The number of benzene rings is 2. The summed E-state index contributed by atoms with van der Waals surface area (Å²) in [5, 5.41) is 2.89. The number of aryl methyl sites for hydroxylation is 1. The number of nitrogens with zero attached hydrogens (tertiary/aromatic N) is 2. The van der Waals surface area contributed by atoms with Crippen molar-refractivity contribution in [2.45, 2.75) is 39.0 Å². The Hall–Kier alpha value is -3.23. The Morgan fingerprint density at radius 3 is 2.46 bits per heavy atom. The van der Waals surface area contributed by atoms with Crippen molar-refractivity contribution in [1.82, 2.24) is 9.80 Å². The third-order valence-corrected chi connectivity index (χ3v) is 6.85. The molecule has 1 aromatic heterocycles. The highest BCUT2D eigenvalue weighted by Crippen LogP contribution is 2.20. The maximum Gasteiger partial charge on any atom is 0.322 e. The van der Waals surface area contributed by atoms with Gasteiger partial charge in [-0.15, -0.1) is 11.3 Å². The number of amides is 3. The Morgan fingerprint density at radius 1 is 1.03 bits per heavy atom. The molecule has 1 fully saturated rings. The van der Waals surface area contributed by atoms with Gasteiger partial charge in [0.1, 0.15) is 12.4 Å². The fourth-order valence-corrected chi connectivity index (χ4v) is 4.95. The Morgan fingerprint density at radius 2 is 1.80 bits per heavy atom. The second-order valence-corrected chi connectivity index (χ2v) is 10.1. The Bertz CT molecular complexity index is 1110. The molecular formula is C27H30FN3O3S. The van der Waals surface area contributed by atoms with Crippen molar-refractivity contribution in [2.75, 3.05) is 25.0 Å². The molecule has 0 bridgehead atoms. The van der Waals surface area contributed by atoms with Crippen LogP contribution in [0, 0.1) is 12.7 Å². The highest BCUT2D eigenvalue weighted by molar-refractivity contribution is 7.11. The standard InChI is InChI=1S/C27H30FN3O3S/c1-20-9-14-25(35-20)18-30(16-21-10-12-22(28)13-11-21)26(32)19-31(17-24-8-5-15-34-24)27(33)29-23-6-3-2-4-7-23/h2-4,6-7,9-14,24H,5,8,15-19H2,1H3,(H,29,33). The summed E-state index contributed by atoms with van der Waals surface area (Å²) in [6.07, 6.45) is 1.72. The number of hydrogen-bond donors (Lipinski definition) is 1. The van der Waals surface area contributed by atoms with E-state index in [-0.39, 0.29) is 30.4 Å². The molecule has 1 aliphatic rings. The molecule has 35 heavy (non-hydrogen) atoms. The van der Waals surface area contributed by atoms with Gasteiger partial charge in [-0.2, -0.15) is 0 Å². The van der Waals surface area contributed by atoms with E-state index in [2.05, 4.69) is 5.32 Å². The van der Waals surface area contributed by atoms with Gasteiger partial charge in [-0.25, -0.2) is 9.18 Å². The molecule has 1 aliphatic heterocycles. The first-order chi connectivity index (χ1) is 17.0. The summed E-state index contributed by atoms with van der Waals surface area (Å²) >= 11 is 1.63.